The smallest absolute Gasteiger partial charge is 0.0541 e. The third-order valence-electron chi connectivity index (χ3n) is 13.0. The zero-order valence-corrected chi connectivity index (χ0v) is 35.0. The van der Waals surface area contributed by atoms with Crippen LogP contribution >= 0.6 is 0 Å². The van der Waals surface area contributed by atoms with E-state index in [1.54, 1.807) is 0 Å². The van der Waals surface area contributed by atoms with Gasteiger partial charge in [-0.3, -0.25) is 0 Å². The van der Waals surface area contributed by atoms with Crippen molar-refractivity contribution in [3.05, 3.63) is 237 Å². The Hall–Kier alpha value is -8.20. The van der Waals surface area contributed by atoms with Crippen LogP contribution in [0, 0.1) is 0 Å². The van der Waals surface area contributed by atoms with Crippen LogP contribution in [0.25, 0.3) is 115 Å². The van der Waals surface area contributed by atoms with E-state index >= 15 is 0 Å². The predicted octanol–water partition coefficient (Wildman–Crippen LogP) is 16.8. The summed E-state index contributed by atoms with van der Waals surface area (Å²) in [6, 6.07) is 73.9. The number of aromatic nitrogens is 2. The van der Waals surface area contributed by atoms with Crippen molar-refractivity contribution < 1.29 is 0 Å². The molecule has 296 valence electrons. The number of nitrogens with zero attached hydrogens (tertiary/aromatic N) is 2. The third-order valence-corrected chi connectivity index (χ3v) is 13.0. The molecule has 0 fully saturated rings. The molecule has 10 aromatic carbocycles. The first kappa shape index (κ1) is 36.6. The highest BCUT2D eigenvalue weighted by Gasteiger charge is 2.18. The normalized spacial score (nSPS) is 12.3. The third kappa shape index (κ3) is 5.95. The maximum atomic E-state index is 3.86. The summed E-state index contributed by atoms with van der Waals surface area (Å²) in [6.07, 6.45) is 8.00. The first-order valence-electron chi connectivity index (χ1n) is 21.7. The van der Waals surface area contributed by atoms with Gasteiger partial charge in [0.15, 0.2) is 0 Å². The summed E-state index contributed by atoms with van der Waals surface area (Å²) in [4.78, 5) is 0. The Bertz CT molecular complexity index is 3840. The van der Waals surface area contributed by atoms with Crippen LogP contribution in [0.3, 0.4) is 0 Å². The molecule has 2 heteroatoms. The van der Waals surface area contributed by atoms with Crippen molar-refractivity contribution in [1.29, 1.82) is 0 Å². The molecule has 0 bridgehead atoms. The Morgan fingerprint density at radius 2 is 0.841 bits per heavy atom. The van der Waals surface area contributed by atoms with E-state index < -0.39 is 0 Å². The summed E-state index contributed by atoms with van der Waals surface area (Å²) < 4.78 is 4.88. The molecule has 0 unspecified atom stereocenters. The molecule has 2 heterocycles. The van der Waals surface area contributed by atoms with Crippen LogP contribution in [0.5, 0.6) is 0 Å². The Morgan fingerprint density at radius 1 is 0.349 bits per heavy atom. The molecule has 63 heavy (non-hydrogen) atoms. The fourth-order valence-corrected chi connectivity index (χ4v) is 10.0. The molecule has 0 spiro atoms. The van der Waals surface area contributed by atoms with E-state index in [2.05, 4.69) is 235 Å². The van der Waals surface area contributed by atoms with E-state index in [4.69, 9.17) is 0 Å². The molecule has 2 aromatic heterocycles. The average Bonchev–Trinajstić information content (AvgIpc) is 3.86. The van der Waals surface area contributed by atoms with Crippen molar-refractivity contribution in [2.24, 2.45) is 0 Å². The first-order valence-corrected chi connectivity index (χ1v) is 21.7. The van der Waals surface area contributed by atoms with Crippen molar-refractivity contribution in [3.8, 4) is 33.6 Å². The second-order valence-electron chi connectivity index (χ2n) is 16.6. The molecule has 0 amide bonds. The first-order chi connectivity index (χ1) is 31.1. The molecule has 0 aliphatic heterocycles. The quantitative estimate of drug-likeness (QED) is 0.112. The van der Waals surface area contributed by atoms with Crippen LogP contribution in [0.1, 0.15) is 12.5 Å². The number of rotatable bonds is 7. The van der Waals surface area contributed by atoms with Gasteiger partial charge in [0.2, 0.25) is 0 Å². The van der Waals surface area contributed by atoms with Gasteiger partial charge in [0.05, 0.1) is 22.1 Å². The SMILES string of the molecule is C=C/C=C\C=C(/C)c1cc(-c2ccccc2)cc(-n2c3ccccc3c3cc(-c4ccc5c(c4)c4ccccc4n5-c4ccc5c6ccccc6c6ccccc6c5c4)ccc32)c1. The van der Waals surface area contributed by atoms with Crippen LogP contribution in [0.15, 0.2) is 231 Å². The topological polar surface area (TPSA) is 9.86 Å². The van der Waals surface area contributed by atoms with Crippen molar-refractivity contribution >= 4 is 81.5 Å². The Labute approximate surface area is 366 Å². The number of para-hydroxylation sites is 2. The summed E-state index contributed by atoms with van der Waals surface area (Å²) >= 11 is 0. The molecule has 12 rings (SSSR count). The molecule has 2 nitrogen and oxygen atoms in total. The lowest BCUT2D eigenvalue weighted by Crippen LogP contribution is -1.97. The van der Waals surface area contributed by atoms with Gasteiger partial charge in [-0.25, -0.2) is 0 Å². The van der Waals surface area contributed by atoms with Crippen LogP contribution in [0.2, 0.25) is 0 Å². The van der Waals surface area contributed by atoms with Gasteiger partial charge < -0.3 is 9.13 Å². The van der Waals surface area contributed by atoms with Crippen molar-refractivity contribution in [3.63, 3.8) is 0 Å². The maximum Gasteiger partial charge on any atom is 0.0541 e. The number of fused-ring (bicyclic) bond motifs is 12. The van der Waals surface area contributed by atoms with Gasteiger partial charge in [-0.15, -0.1) is 0 Å². The monoisotopic (exact) mass is 802 g/mol. The van der Waals surface area contributed by atoms with Crippen LogP contribution in [0.4, 0.5) is 0 Å². The minimum atomic E-state index is 1.13. The fraction of sp³-hybridized carbons (Fsp3) is 0.0164. The van der Waals surface area contributed by atoms with Gasteiger partial charge in [0.25, 0.3) is 0 Å². The summed E-state index contributed by atoms with van der Waals surface area (Å²) in [5.74, 6) is 0. The number of hydrogen-bond donors (Lipinski definition) is 0. The van der Waals surface area contributed by atoms with E-state index in [0.29, 0.717) is 0 Å². The average molecular weight is 803 g/mol. The number of allylic oxidation sites excluding steroid dienone is 5. The molecule has 0 atom stereocenters. The maximum absolute atomic E-state index is 3.86. The van der Waals surface area contributed by atoms with Crippen molar-refractivity contribution in [1.82, 2.24) is 9.13 Å². The molecule has 0 saturated heterocycles. The lowest BCUT2D eigenvalue weighted by atomic mass is 9.94. The van der Waals surface area contributed by atoms with Gasteiger partial charge in [0, 0.05) is 32.9 Å². The summed E-state index contributed by atoms with van der Waals surface area (Å²) in [5, 5.41) is 12.6. The highest BCUT2D eigenvalue weighted by atomic mass is 15.0. The zero-order chi connectivity index (χ0) is 42.0. The second-order valence-corrected chi connectivity index (χ2v) is 16.6. The van der Waals surface area contributed by atoms with Crippen molar-refractivity contribution in [2.75, 3.05) is 0 Å². The second kappa shape index (κ2) is 14.8. The molecule has 0 N–H and O–H groups in total. The molecule has 0 saturated carbocycles. The molecule has 0 aliphatic rings. The zero-order valence-electron chi connectivity index (χ0n) is 35.0. The van der Waals surface area contributed by atoms with Gasteiger partial charge in [-0.1, -0.05) is 164 Å². The molecule has 0 aliphatic carbocycles. The predicted molar refractivity (Wildman–Crippen MR) is 271 cm³/mol. The minimum Gasteiger partial charge on any atom is -0.309 e. The minimum absolute atomic E-state index is 1.13. The van der Waals surface area contributed by atoms with Crippen molar-refractivity contribution in [2.45, 2.75) is 6.92 Å². The Morgan fingerprint density at radius 3 is 1.43 bits per heavy atom. The van der Waals surface area contributed by atoms with E-state index in [-0.39, 0.29) is 0 Å². The molecule has 12 aromatic rings. The molecule has 0 radical (unpaired) electrons. The largest absolute Gasteiger partial charge is 0.309 e. The lowest BCUT2D eigenvalue weighted by Gasteiger charge is -2.14. The lowest BCUT2D eigenvalue weighted by molar-refractivity contribution is 1.18. The van der Waals surface area contributed by atoms with Crippen LogP contribution < -0.4 is 0 Å². The Kier molecular flexibility index (Phi) is 8.58. The highest BCUT2D eigenvalue weighted by molar-refractivity contribution is 6.25. The van der Waals surface area contributed by atoms with Gasteiger partial charge in [-0.2, -0.15) is 0 Å². The van der Waals surface area contributed by atoms with Gasteiger partial charge in [-0.05, 0) is 139 Å². The molecular formula is C61H42N2. The molecular weight excluding hydrogens is 761 g/mol. The van der Waals surface area contributed by atoms with E-state index in [0.717, 1.165) is 11.4 Å². The van der Waals surface area contributed by atoms with Crippen LogP contribution in [-0.4, -0.2) is 9.13 Å². The number of benzene rings is 10. The summed E-state index contributed by atoms with van der Waals surface area (Å²) in [6.45, 7) is 6.03. The highest BCUT2D eigenvalue weighted by Crippen LogP contribution is 2.41. The number of hydrogen-bond acceptors (Lipinski definition) is 0. The van der Waals surface area contributed by atoms with Crippen LogP contribution in [-0.2, 0) is 0 Å². The van der Waals surface area contributed by atoms with E-state index in [1.807, 2.05) is 12.2 Å². The standard InChI is InChI=1S/C61H42N2/c1-3-4-6-17-40(2)44-34-45(41-18-7-5-8-19-41)36-47(35-44)63-59-27-16-14-25-54(59)57-38-43(29-33-61(57)63)42-28-32-60-56(37-42)53-24-13-15-26-58(53)62(60)46-30-31-52-50-22-10-9-20-48(50)49-21-11-12-23-51(49)55(52)39-46/h3-39H,1H2,2H3/b6-4-,40-17+. The van der Waals surface area contributed by atoms with Gasteiger partial charge >= 0.3 is 0 Å². The van der Waals surface area contributed by atoms with E-state index in [1.165, 1.54) is 109 Å². The van der Waals surface area contributed by atoms with E-state index in [9.17, 15) is 0 Å². The Balaban J connectivity index is 1.02. The van der Waals surface area contributed by atoms with Gasteiger partial charge in [0.1, 0.15) is 0 Å². The summed E-state index contributed by atoms with van der Waals surface area (Å²) in [5.41, 5.74) is 14.2. The fourth-order valence-electron chi connectivity index (χ4n) is 10.0. The summed E-state index contributed by atoms with van der Waals surface area (Å²) in [7, 11) is 0.